The third kappa shape index (κ3) is 4.82. The van der Waals surface area contributed by atoms with Gasteiger partial charge in [0.15, 0.2) is 6.10 Å². The highest BCUT2D eigenvalue weighted by atomic mass is 32.2. The first-order chi connectivity index (χ1) is 8.15. The number of rotatable bonds is 5. The van der Waals surface area contributed by atoms with Crippen molar-refractivity contribution in [2.45, 2.75) is 12.5 Å². The van der Waals surface area contributed by atoms with Gasteiger partial charge < -0.3 is 20.1 Å². The lowest BCUT2D eigenvalue weighted by molar-refractivity contribution is -0.154. The quantitative estimate of drug-likeness (QED) is 0.694. The number of hydrogen-bond donors (Lipinski definition) is 2. The molecule has 0 spiro atoms. The van der Waals surface area contributed by atoms with E-state index in [1.165, 1.54) is 4.90 Å². The van der Waals surface area contributed by atoms with Crippen LogP contribution in [0.3, 0.4) is 0 Å². The predicted molar refractivity (Wildman–Crippen MR) is 65.3 cm³/mol. The van der Waals surface area contributed by atoms with Crippen LogP contribution in [0, 0.1) is 0 Å². The Labute approximate surface area is 105 Å². The van der Waals surface area contributed by atoms with Crippen LogP contribution in [0.1, 0.15) is 6.42 Å². The monoisotopic (exact) mass is 262 g/mol. The van der Waals surface area contributed by atoms with E-state index in [9.17, 15) is 9.59 Å². The minimum atomic E-state index is -1.02. The van der Waals surface area contributed by atoms with Crippen molar-refractivity contribution >= 4 is 23.8 Å². The van der Waals surface area contributed by atoms with Gasteiger partial charge in [-0.05, 0) is 18.4 Å². The standard InChI is InChI=1S/C10H18N2O4S/c1-17-6-2-3-11-10(15)12-4-5-16-8(7-12)9(13)14/h8H,2-7H2,1H3,(H,11,15)(H,13,14). The summed E-state index contributed by atoms with van der Waals surface area (Å²) in [5, 5.41) is 11.6. The number of urea groups is 1. The van der Waals surface area contributed by atoms with E-state index in [2.05, 4.69) is 5.32 Å². The Bertz CT molecular complexity index is 275. The summed E-state index contributed by atoms with van der Waals surface area (Å²) in [4.78, 5) is 23.9. The second-order valence-corrected chi connectivity index (χ2v) is 4.71. The van der Waals surface area contributed by atoms with Gasteiger partial charge in [-0.3, -0.25) is 0 Å². The highest BCUT2D eigenvalue weighted by Gasteiger charge is 2.28. The topological polar surface area (TPSA) is 78.9 Å². The molecule has 0 saturated carbocycles. The average Bonchev–Trinajstić information content (AvgIpc) is 2.34. The van der Waals surface area contributed by atoms with Gasteiger partial charge in [-0.15, -0.1) is 0 Å². The molecule has 2 amide bonds. The lowest BCUT2D eigenvalue weighted by Gasteiger charge is -2.30. The molecule has 1 aliphatic rings. The number of amides is 2. The van der Waals surface area contributed by atoms with Gasteiger partial charge >= 0.3 is 12.0 Å². The molecule has 1 heterocycles. The average molecular weight is 262 g/mol. The first-order valence-electron chi connectivity index (χ1n) is 5.51. The summed E-state index contributed by atoms with van der Waals surface area (Å²) in [5.41, 5.74) is 0. The summed E-state index contributed by atoms with van der Waals surface area (Å²) < 4.78 is 5.04. The normalized spacial score (nSPS) is 20.1. The second kappa shape index (κ2) is 7.39. The van der Waals surface area contributed by atoms with Gasteiger partial charge in [0.05, 0.1) is 13.2 Å². The van der Waals surface area contributed by atoms with E-state index in [1.54, 1.807) is 11.8 Å². The van der Waals surface area contributed by atoms with E-state index in [-0.39, 0.29) is 19.2 Å². The first-order valence-corrected chi connectivity index (χ1v) is 6.90. The molecule has 1 aliphatic heterocycles. The van der Waals surface area contributed by atoms with Crippen molar-refractivity contribution in [2.24, 2.45) is 0 Å². The van der Waals surface area contributed by atoms with Crippen molar-refractivity contribution in [3.05, 3.63) is 0 Å². The SMILES string of the molecule is CSCCCNC(=O)N1CCOC(C(=O)O)C1. The minimum Gasteiger partial charge on any atom is -0.479 e. The maximum absolute atomic E-state index is 11.7. The molecule has 7 heteroatoms. The van der Waals surface area contributed by atoms with Gasteiger partial charge in [0.25, 0.3) is 0 Å². The van der Waals surface area contributed by atoms with Gasteiger partial charge in [-0.1, -0.05) is 0 Å². The van der Waals surface area contributed by atoms with Crippen LogP contribution in [-0.4, -0.2) is 66.4 Å². The Kier molecular flexibility index (Phi) is 6.13. The first kappa shape index (κ1) is 14.1. The van der Waals surface area contributed by atoms with E-state index in [4.69, 9.17) is 9.84 Å². The number of ether oxygens (including phenoxy) is 1. The molecule has 0 aromatic heterocycles. The van der Waals surface area contributed by atoms with Crippen LogP contribution in [0.4, 0.5) is 4.79 Å². The van der Waals surface area contributed by atoms with Crippen molar-refractivity contribution < 1.29 is 19.4 Å². The van der Waals surface area contributed by atoms with Crippen molar-refractivity contribution in [3.63, 3.8) is 0 Å². The molecule has 0 radical (unpaired) electrons. The zero-order chi connectivity index (χ0) is 12.7. The number of aliphatic carboxylic acids is 1. The summed E-state index contributed by atoms with van der Waals surface area (Å²) in [5.74, 6) is -0.0221. The third-order valence-electron chi connectivity index (χ3n) is 2.43. The van der Waals surface area contributed by atoms with Gasteiger partial charge in [0.1, 0.15) is 0 Å². The Hall–Kier alpha value is -0.950. The van der Waals surface area contributed by atoms with E-state index in [1.807, 2.05) is 6.26 Å². The van der Waals surface area contributed by atoms with Gasteiger partial charge in [0, 0.05) is 13.1 Å². The Morgan fingerprint density at radius 1 is 1.59 bits per heavy atom. The maximum atomic E-state index is 11.7. The summed E-state index contributed by atoms with van der Waals surface area (Å²) in [6, 6.07) is -0.208. The number of morpholine rings is 1. The lowest BCUT2D eigenvalue weighted by Crippen LogP contribution is -2.51. The molecule has 1 unspecified atom stereocenters. The smallest absolute Gasteiger partial charge is 0.334 e. The largest absolute Gasteiger partial charge is 0.479 e. The van der Waals surface area contributed by atoms with Gasteiger partial charge in [-0.25, -0.2) is 9.59 Å². The molecule has 0 aromatic rings. The van der Waals surface area contributed by atoms with E-state index < -0.39 is 12.1 Å². The zero-order valence-corrected chi connectivity index (χ0v) is 10.7. The number of carboxylic acids is 1. The molecule has 6 nitrogen and oxygen atoms in total. The zero-order valence-electron chi connectivity index (χ0n) is 9.85. The second-order valence-electron chi connectivity index (χ2n) is 3.72. The summed E-state index contributed by atoms with van der Waals surface area (Å²) >= 11 is 1.73. The van der Waals surface area contributed by atoms with Crippen LogP contribution in [0.5, 0.6) is 0 Å². The maximum Gasteiger partial charge on any atom is 0.334 e. The number of carbonyl (C=O) groups excluding carboxylic acids is 1. The Morgan fingerprint density at radius 3 is 3.00 bits per heavy atom. The number of carboxylic acid groups (broad SMARTS) is 1. The summed E-state index contributed by atoms with van der Waals surface area (Å²) in [6.07, 6.45) is 2.03. The van der Waals surface area contributed by atoms with Crippen molar-refractivity contribution in [2.75, 3.05) is 38.2 Å². The lowest BCUT2D eigenvalue weighted by atomic mass is 10.3. The molecule has 1 fully saturated rings. The van der Waals surface area contributed by atoms with Crippen LogP contribution in [-0.2, 0) is 9.53 Å². The molecule has 1 atom stereocenters. The highest BCUT2D eigenvalue weighted by Crippen LogP contribution is 2.05. The number of thioether (sulfide) groups is 1. The molecule has 2 N–H and O–H groups in total. The molecule has 98 valence electrons. The minimum absolute atomic E-state index is 0.115. The number of hydrogen-bond acceptors (Lipinski definition) is 4. The van der Waals surface area contributed by atoms with Crippen LogP contribution in [0.2, 0.25) is 0 Å². The fourth-order valence-electron chi connectivity index (χ4n) is 1.51. The van der Waals surface area contributed by atoms with Crippen LogP contribution in [0.25, 0.3) is 0 Å². The third-order valence-corrected chi connectivity index (χ3v) is 3.13. The molecular formula is C10H18N2O4S. The number of nitrogens with zero attached hydrogens (tertiary/aromatic N) is 1. The number of nitrogens with one attached hydrogen (secondary N) is 1. The Balaban J connectivity index is 2.28. The van der Waals surface area contributed by atoms with Gasteiger partial charge in [0.2, 0.25) is 0 Å². The Morgan fingerprint density at radius 2 is 2.35 bits per heavy atom. The van der Waals surface area contributed by atoms with Crippen molar-refractivity contribution in [1.29, 1.82) is 0 Å². The highest BCUT2D eigenvalue weighted by molar-refractivity contribution is 7.98. The summed E-state index contributed by atoms with van der Waals surface area (Å²) in [7, 11) is 0. The van der Waals surface area contributed by atoms with Crippen LogP contribution < -0.4 is 5.32 Å². The van der Waals surface area contributed by atoms with E-state index >= 15 is 0 Å². The molecule has 17 heavy (non-hydrogen) atoms. The molecular weight excluding hydrogens is 244 g/mol. The van der Waals surface area contributed by atoms with E-state index in [0.717, 1.165) is 12.2 Å². The summed E-state index contributed by atoms with van der Waals surface area (Å²) in [6.45, 7) is 1.45. The fourth-order valence-corrected chi connectivity index (χ4v) is 1.94. The molecule has 0 aromatic carbocycles. The van der Waals surface area contributed by atoms with Crippen LogP contribution >= 0.6 is 11.8 Å². The molecule has 1 rings (SSSR count). The fraction of sp³-hybridized carbons (Fsp3) is 0.800. The predicted octanol–water partition coefficient (Wildman–Crippen LogP) is 0.234. The molecule has 0 bridgehead atoms. The van der Waals surface area contributed by atoms with Crippen LogP contribution in [0.15, 0.2) is 0 Å². The molecule has 1 saturated heterocycles. The van der Waals surface area contributed by atoms with Crippen molar-refractivity contribution in [3.8, 4) is 0 Å². The van der Waals surface area contributed by atoms with Gasteiger partial charge in [-0.2, -0.15) is 11.8 Å². The number of carbonyl (C=O) groups is 2. The molecule has 0 aliphatic carbocycles. The van der Waals surface area contributed by atoms with Crippen molar-refractivity contribution in [1.82, 2.24) is 10.2 Å². The van der Waals surface area contributed by atoms with E-state index in [0.29, 0.717) is 13.1 Å².